The van der Waals surface area contributed by atoms with Crippen molar-refractivity contribution >= 4 is 29.1 Å². The molecule has 2 amide bonds. The van der Waals surface area contributed by atoms with Crippen molar-refractivity contribution in [3.63, 3.8) is 0 Å². The number of hydrogen-bond acceptors (Lipinski definition) is 4. The SMILES string of the molecule is COc1ccc([C@H](CNC(=O)c2ccc(Cl)cc2NC(=O)c2ccc(F)cc2)N(C)C)cc1. The van der Waals surface area contributed by atoms with Crippen LogP contribution in [0.2, 0.25) is 5.02 Å². The smallest absolute Gasteiger partial charge is 0.255 e. The summed E-state index contributed by atoms with van der Waals surface area (Å²) >= 11 is 6.10. The Morgan fingerprint density at radius 3 is 2.27 bits per heavy atom. The molecule has 3 aromatic rings. The number of likely N-dealkylation sites (N-methyl/N-ethyl adjacent to an activating group) is 1. The molecular weight excluding hydrogens is 445 g/mol. The molecule has 0 radical (unpaired) electrons. The minimum Gasteiger partial charge on any atom is -0.497 e. The number of methoxy groups -OCH3 is 1. The summed E-state index contributed by atoms with van der Waals surface area (Å²) in [6.45, 7) is 0.339. The van der Waals surface area contributed by atoms with Gasteiger partial charge in [0.25, 0.3) is 11.8 Å². The number of rotatable bonds is 8. The summed E-state index contributed by atoms with van der Waals surface area (Å²) in [6, 6.07) is 17.3. The first-order chi connectivity index (χ1) is 15.8. The first-order valence-corrected chi connectivity index (χ1v) is 10.6. The monoisotopic (exact) mass is 469 g/mol. The van der Waals surface area contributed by atoms with Gasteiger partial charge in [-0.2, -0.15) is 0 Å². The molecule has 0 saturated carbocycles. The zero-order chi connectivity index (χ0) is 24.0. The van der Waals surface area contributed by atoms with E-state index in [2.05, 4.69) is 10.6 Å². The lowest BCUT2D eigenvalue weighted by Gasteiger charge is -2.25. The van der Waals surface area contributed by atoms with Gasteiger partial charge in [0.15, 0.2) is 0 Å². The van der Waals surface area contributed by atoms with Crippen molar-refractivity contribution < 1.29 is 18.7 Å². The number of halogens is 2. The number of carbonyl (C=O) groups excluding carboxylic acids is 2. The summed E-state index contributed by atoms with van der Waals surface area (Å²) in [4.78, 5) is 27.6. The molecule has 0 spiro atoms. The maximum Gasteiger partial charge on any atom is 0.255 e. The number of benzene rings is 3. The number of amides is 2. The molecule has 0 saturated heterocycles. The van der Waals surface area contributed by atoms with Crippen LogP contribution in [0.3, 0.4) is 0 Å². The van der Waals surface area contributed by atoms with Gasteiger partial charge in [-0.25, -0.2) is 4.39 Å². The van der Waals surface area contributed by atoms with Crippen molar-refractivity contribution in [3.05, 3.63) is 94.3 Å². The van der Waals surface area contributed by atoms with Gasteiger partial charge < -0.3 is 20.3 Å². The van der Waals surface area contributed by atoms with Crippen molar-refractivity contribution in [2.24, 2.45) is 0 Å². The molecule has 2 N–H and O–H groups in total. The summed E-state index contributed by atoms with van der Waals surface area (Å²) in [5, 5.41) is 5.99. The molecule has 3 rings (SSSR count). The predicted octanol–water partition coefficient (Wildman–Crippen LogP) is 4.77. The number of carbonyl (C=O) groups is 2. The quantitative estimate of drug-likeness (QED) is 0.498. The topological polar surface area (TPSA) is 70.7 Å². The maximum absolute atomic E-state index is 13.2. The van der Waals surface area contributed by atoms with E-state index in [0.717, 1.165) is 11.3 Å². The van der Waals surface area contributed by atoms with Crippen LogP contribution < -0.4 is 15.4 Å². The third kappa shape index (κ3) is 6.31. The molecule has 0 heterocycles. The van der Waals surface area contributed by atoms with Crippen molar-refractivity contribution in [1.29, 1.82) is 0 Å². The van der Waals surface area contributed by atoms with E-state index < -0.39 is 11.7 Å². The summed E-state index contributed by atoms with van der Waals surface area (Å²) < 4.78 is 18.4. The van der Waals surface area contributed by atoms with E-state index >= 15 is 0 Å². The number of anilines is 1. The number of hydrogen-bond donors (Lipinski definition) is 2. The Morgan fingerprint density at radius 1 is 1.00 bits per heavy atom. The number of nitrogens with zero attached hydrogens (tertiary/aromatic N) is 1. The maximum atomic E-state index is 13.2. The first-order valence-electron chi connectivity index (χ1n) is 10.2. The third-order valence-electron chi connectivity index (χ3n) is 5.16. The lowest BCUT2D eigenvalue weighted by molar-refractivity contribution is 0.0942. The van der Waals surface area contributed by atoms with Gasteiger partial charge in [-0.1, -0.05) is 23.7 Å². The van der Waals surface area contributed by atoms with Gasteiger partial charge in [0.1, 0.15) is 11.6 Å². The Bertz CT molecular complexity index is 1120. The molecular formula is C25H25ClFN3O3. The van der Waals surface area contributed by atoms with Gasteiger partial charge in [-0.3, -0.25) is 9.59 Å². The Hall–Kier alpha value is -3.42. The van der Waals surface area contributed by atoms with Crippen LogP contribution in [-0.4, -0.2) is 44.5 Å². The molecule has 1 atom stereocenters. The molecule has 172 valence electrons. The van der Waals surface area contributed by atoms with Crippen molar-refractivity contribution in [1.82, 2.24) is 10.2 Å². The van der Waals surface area contributed by atoms with Gasteiger partial charge >= 0.3 is 0 Å². The minimum absolute atomic E-state index is 0.0792. The fraction of sp³-hybridized carbons (Fsp3) is 0.200. The fourth-order valence-corrected chi connectivity index (χ4v) is 3.49. The Balaban J connectivity index is 1.75. The standard InChI is InChI=1S/C25H25ClFN3O3/c1-30(2)23(16-6-11-20(33-3)12-7-16)15-28-25(32)21-13-8-18(26)14-22(21)29-24(31)17-4-9-19(27)10-5-17/h4-14,23H,15H2,1-3H3,(H,28,32)(H,29,31)/t23-/m0/s1. The van der Waals surface area contributed by atoms with E-state index in [-0.39, 0.29) is 28.8 Å². The molecule has 0 aromatic heterocycles. The predicted molar refractivity (Wildman–Crippen MR) is 128 cm³/mol. The van der Waals surface area contributed by atoms with Crippen LogP contribution in [-0.2, 0) is 0 Å². The Kier molecular flexibility index (Phi) is 8.03. The van der Waals surface area contributed by atoms with E-state index in [1.165, 1.54) is 30.3 Å². The summed E-state index contributed by atoms with van der Waals surface area (Å²) in [5.74, 6) is -0.526. The van der Waals surface area contributed by atoms with Crippen LogP contribution in [0.1, 0.15) is 32.3 Å². The minimum atomic E-state index is -0.476. The molecule has 6 nitrogen and oxygen atoms in total. The highest BCUT2D eigenvalue weighted by molar-refractivity contribution is 6.31. The zero-order valence-electron chi connectivity index (χ0n) is 18.6. The van der Waals surface area contributed by atoms with Gasteiger partial charge in [0, 0.05) is 17.1 Å². The average Bonchev–Trinajstić information content (AvgIpc) is 2.79. The van der Waals surface area contributed by atoms with Gasteiger partial charge in [-0.05, 0) is 74.3 Å². The Labute approximate surface area is 197 Å². The first kappa shape index (κ1) is 24.2. The number of ether oxygens (including phenoxy) is 1. The average molecular weight is 470 g/mol. The molecule has 0 bridgehead atoms. The van der Waals surface area contributed by atoms with Gasteiger partial charge in [0.2, 0.25) is 0 Å². The van der Waals surface area contributed by atoms with Crippen molar-refractivity contribution in [2.75, 3.05) is 33.1 Å². The molecule has 33 heavy (non-hydrogen) atoms. The highest BCUT2D eigenvalue weighted by atomic mass is 35.5. The molecule has 8 heteroatoms. The Morgan fingerprint density at radius 2 is 1.67 bits per heavy atom. The van der Waals surface area contributed by atoms with Crippen LogP contribution in [0.5, 0.6) is 5.75 Å². The third-order valence-corrected chi connectivity index (χ3v) is 5.40. The number of nitrogens with one attached hydrogen (secondary N) is 2. The van der Waals surface area contributed by atoms with E-state index in [9.17, 15) is 14.0 Å². The van der Waals surface area contributed by atoms with Crippen molar-refractivity contribution in [2.45, 2.75) is 6.04 Å². The second-order valence-corrected chi connectivity index (χ2v) is 8.05. The summed E-state index contributed by atoms with van der Waals surface area (Å²) in [7, 11) is 5.46. The van der Waals surface area contributed by atoms with Crippen LogP contribution in [0.15, 0.2) is 66.7 Å². The zero-order valence-corrected chi connectivity index (χ0v) is 19.3. The summed E-state index contributed by atoms with van der Waals surface area (Å²) in [5.41, 5.74) is 1.80. The summed E-state index contributed by atoms with van der Waals surface area (Å²) in [6.07, 6.45) is 0. The van der Waals surface area contributed by atoms with Crippen molar-refractivity contribution in [3.8, 4) is 5.75 Å². The fourth-order valence-electron chi connectivity index (χ4n) is 3.32. The van der Waals surface area contributed by atoms with Crippen LogP contribution >= 0.6 is 11.6 Å². The van der Waals surface area contributed by atoms with E-state index in [0.29, 0.717) is 11.6 Å². The van der Waals surface area contributed by atoms with Crippen LogP contribution in [0, 0.1) is 5.82 Å². The van der Waals surface area contributed by atoms with Crippen LogP contribution in [0.4, 0.5) is 10.1 Å². The molecule has 0 unspecified atom stereocenters. The molecule has 0 fully saturated rings. The van der Waals surface area contributed by atoms with Gasteiger partial charge in [-0.15, -0.1) is 0 Å². The second kappa shape index (κ2) is 10.9. The lowest BCUT2D eigenvalue weighted by Crippen LogP contribution is -2.35. The van der Waals surface area contributed by atoms with Gasteiger partial charge in [0.05, 0.1) is 24.4 Å². The molecule has 0 aliphatic heterocycles. The highest BCUT2D eigenvalue weighted by Gasteiger charge is 2.19. The highest BCUT2D eigenvalue weighted by Crippen LogP contribution is 2.24. The van der Waals surface area contributed by atoms with E-state index in [4.69, 9.17) is 16.3 Å². The normalized spacial score (nSPS) is 11.7. The second-order valence-electron chi connectivity index (χ2n) is 7.61. The molecule has 0 aliphatic carbocycles. The van der Waals surface area contributed by atoms with E-state index in [1.54, 1.807) is 19.2 Å². The van der Waals surface area contributed by atoms with Crippen LogP contribution in [0.25, 0.3) is 0 Å². The molecule has 0 aliphatic rings. The lowest BCUT2D eigenvalue weighted by atomic mass is 10.1. The van der Waals surface area contributed by atoms with E-state index in [1.807, 2.05) is 43.3 Å². The molecule has 3 aromatic carbocycles. The largest absolute Gasteiger partial charge is 0.497 e.